The van der Waals surface area contributed by atoms with Gasteiger partial charge < -0.3 is 9.67 Å². The molecule has 19 heavy (non-hydrogen) atoms. The molecule has 0 bridgehead atoms. The van der Waals surface area contributed by atoms with Crippen molar-refractivity contribution in [3.05, 3.63) is 47.5 Å². The minimum Gasteiger partial charge on any atom is -0.395 e. The molecule has 0 spiro atoms. The predicted octanol–water partition coefficient (Wildman–Crippen LogP) is 2.34. The Balaban J connectivity index is 2.25. The van der Waals surface area contributed by atoms with Crippen LogP contribution in [0.3, 0.4) is 0 Å². The van der Waals surface area contributed by atoms with Crippen LogP contribution < -0.4 is 0 Å². The van der Waals surface area contributed by atoms with Crippen molar-refractivity contribution >= 4 is 11.6 Å². The summed E-state index contributed by atoms with van der Waals surface area (Å²) in [5.74, 6) is 0. The Bertz CT molecular complexity index is 527. The van der Waals surface area contributed by atoms with E-state index < -0.39 is 0 Å². The molecule has 1 N–H and O–H groups in total. The van der Waals surface area contributed by atoms with E-state index in [1.165, 1.54) is 0 Å². The van der Waals surface area contributed by atoms with Gasteiger partial charge in [0.2, 0.25) is 0 Å². The van der Waals surface area contributed by atoms with Crippen molar-refractivity contribution < 1.29 is 5.11 Å². The first-order chi connectivity index (χ1) is 9.26. The number of aromatic nitrogens is 2. The Hall–Kier alpha value is -1.36. The summed E-state index contributed by atoms with van der Waals surface area (Å²) >= 11 is 6.13. The molecular formula is C14H18ClN3O. The van der Waals surface area contributed by atoms with Gasteiger partial charge >= 0.3 is 0 Å². The lowest BCUT2D eigenvalue weighted by atomic mass is 10.3. The zero-order valence-corrected chi connectivity index (χ0v) is 11.7. The molecule has 0 amide bonds. The largest absolute Gasteiger partial charge is 0.395 e. The van der Waals surface area contributed by atoms with Crippen molar-refractivity contribution in [2.75, 3.05) is 19.7 Å². The van der Waals surface area contributed by atoms with Crippen molar-refractivity contribution in [3.63, 3.8) is 0 Å². The number of rotatable bonds is 6. The number of hydrogen-bond donors (Lipinski definition) is 1. The van der Waals surface area contributed by atoms with Crippen LogP contribution in [0.1, 0.15) is 12.6 Å². The summed E-state index contributed by atoms with van der Waals surface area (Å²) in [4.78, 5) is 6.28. The first-order valence-corrected chi connectivity index (χ1v) is 6.74. The molecule has 0 aliphatic carbocycles. The van der Waals surface area contributed by atoms with Gasteiger partial charge in [0.15, 0.2) is 5.15 Å². The van der Waals surface area contributed by atoms with Crippen LogP contribution in [0.4, 0.5) is 0 Å². The minimum absolute atomic E-state index is 0.169. The molecule has 0 radical (unpaired) electrons. The molecule has 2 rings (SSSR count). The lowest BCUT2D eigenvalue weighted by Crippen LogP contribution is -2.27. The summed E-state index contributed by atoms with van der Waals surface area (Å²) in [6.45, 7) is 4.59. The third-order valence-corrected chi connectivity index (χ3v) is 3.37. The van der Waals surface area contributed by atoms with E-state index in [2.05, 4.69) is 22.9 Å². The molecule has 2 aromatic heterocycles. The molecule has 0 fully saturated rings. The van der Waals surface area contributed by atoms with E-state index in [0.29, 0.717) is 11.7 Å². The maximum absolute atomic E-state index is 9.05. The second-order valence-corrected chi connectivity index (χ2v) is 4.63. The van der Waals surface area contributed by atoms with Gasteiger partial charge in [-0.2, -0.15) is 0 Å². The van der Waals surface area contributed by atoms with Crippen LogP contribution in [0.5, 0.6) is 0 Å². The van der Waals surface area contributed by atoms with Gasteiger partial charge in [-0.1, -0.05) is 18.5 Å². The number of nitrogens with zero attached hydrogens (tertiary/aromatic N) is 3. The van der Waals surface area contributed by atoms with E-state index in [9.17, 15) is 0 Å². The molecule has 0 unspecified atom stereocenters. The molecule has 2 heterocycles. The Morgan fingerprint density at radius 2 is 2.21 bits per heavy atom. The first kappa shape index (κ1) is 14.1. The summed E-state index contributed by atoms with van der Waals surface area (Å²) in [5, 5.41) is 9.54. The topological polar surface area (TPSA) is 41.3 Å². The highest BCUT2D eigenvalue weighted by atomic mass is 35.5. The SMILES string of the molecule is CCN(CCO)Cc1cccn1-c1cccnc1Cl. The monoisotopic (exact) mass is 279 g/mol. The van der Waals surface area contributed by atoms with Gasteiger partial charge in [-0.25, -0.2) is 4.98 Å². The molecule has 2 aromatic rings. The Labute approximate surface area is 118 Å². The quantitative estimate of drug-likeness (QED) is 0.825. The predicted molar refractivity (Wildman–Crippen MR) is 76.6 cm³/mol. The fraction of sp³-hybridized carbons (Fsp3) is 0.357. The van der Waals surface area contributed by atoms with Crippen molar-refractivity contribution in [1.29, 1.82) is 0 Å². The highest BCUT2D eigenvalue weighted by molar-refractivity contribution is 6.31. The van der Waals surface area contributed by atoms with Gasteiger partial charge in [-0.15, -0.1) is 0 Å². The van der Waals surface area contributed by atoms with Gasteiger partial charge in [0.1, 0.15) is 0 Å². The fourth-order valence-corrected chi connectivity index (χ4v) is 2.27. The van der Waals surface area contributed by atoms with E-state index in [0.717, 1.165) is 24.5 Å². The number of halogens is 1. The minimum atomic E-state index is 0.169. The van der Waals surface area contributed by atoms with Gasteiger partial charge in [0.05, 0.1) is 12.3 Å². The highest BCUT2D eigenvalue weighted by Crippen LogP contribution is 2.20. The van der Waals surface area contributed by atoms with Crippen LogP contribution >= 0.6 is 11.6 Å². The molecule has 0 atom stereocenters. The zero-order valence-electron chi connectivity index (χ0n) is 11.0. The Morgan fingerprint density at radius 1 is 1.37 bits per heavy atom. The van der Waals surface area contributed by atoms with Crippen LogP contribution in [0.15, 0.2) is 36.7 Å². The Kier molecular flexibility index (Phi) is 4.96. The van der Waals surface area contributed by atoms with Crippen LogP contribution in [-0.4, -0.2) is 39.3 Å². The summed E-state index contributed by atoms with van der Waals surface area (Å²) in [6, 6.07) is 7.87. The molecule has 0 aliphatic rings. The third-order valence-electron chi connectivity index (χ3n) is 3.08. The van der Waals surface area contributed by atoms with Crippen molar-refractivity contribution in [1.82, 2.24) is 14.5 Å². The van der Waals surface area contributed by atoms with Gasteiger partial charge in [-0.3, -0.25) is 4.90 Å². The number of hydrogen-bond acceptors (Lipinski definition) is 3. The van der Waals surface area contributed by atoms with Crippen molar-refractivity contribution in [2.24, 2.45) is 0 Å². The summed E-state index contributed by atoms with van der Waals surface area (Å²) in [5.41, 5.74) is 2.01. The van der Waals surface area contributed by atoms with Crippen LogP contribution in [0.25, 0.3) is 5.69 Å². The highest BCUT2D eigenvalue weighted by Gasteiger charge is 2.10. The van der Waals surface area contributed by atoms with E-state index in [4.69, 9.17) is 16.7 Å². The molecule has 0 saturated carbocycles. The number of likely N-dealkylation sites (N-methyl/N-ethyl adjacent to an activating group) is 1. The van der Waals surface area contributed by atoms with Crippen molar-refractivity contribution in [2.45, 2.75) is 13.5 Å². The lowest BCUT2D eigenvalue weighted by molar-refractivity contribution is 0.195. The lowest BCUT2D eigenvalue weighted by Gasteiger charge is -2.20. The molecular weight excluding hydrogens is 262 g/mol. The summed E-state index contributed by atoms with van der Waals surface area (Å²) < 4.78 is 2.04. The van der Waals surface area contributed by atoms with E-state index in [1.54, 1.807) is 6.20 Å². The standard InChI is InChI=1S/C14H18ClN3O/c1-2-17(9-10-19)11-12-5-4-8-18(12)13-6-3-7-16-14(13)15/h3-8,19H,2,9-11H2,1H3. The second-order valence-electron chi connectivity index (χ2n) is 4.28. The van der Waals surface area contributed by atoms with Gasteiger partial charge in [-0.05, 0) is 30.8 Å². The van der Waals surface area contributed by atoms with E-state index in [1.807, 2.05) is 29.0 Å². The van der Waals surface area contributed by atoms with Crippen LogP contribution in [0, 0.1) is 0 Å². The average Bonchev–Trinajstić information content (AvgIpc) is 2.87. The van der Waals surface area contributed by atoms with Crippen LogP contribution in [-0.2, 0) is 6.54 Å². The van der Waals surface area contributed by atoms with E-state index in [-0.39, 0.29) is 6.61 Å². The molecule has 0 aromatic carbocycles. The molecule has 5 heteroatoms. The number of aliphatic hydroxyl groups is 1. The zero-order chi connectivity index (χ0) is 13.7. The molecule has 4 nitrogen and oxygen atoms in total. The fourth-order valence-electron chi connectivity index (χ4n) is 2.06. The summed E-state index contributed by atoms with van der Waals surface area (Å²) in [7, 11) is 0. The van der Waals surface area contributed by atoms with Crippen molar-refractivity contribution in [3.8, 4) is 5.69 Å². The third kappa shape index (κ3) is 3.35. The second kappa shape index (κ2) is 6.70. The molecule has 102 valence electrons. The van der Waals surface area contributed by atoms with Gasteiger partial charge in [0, 0.05) is 31.2 Å². The smallest absolute Gasteiger partial charge is 0.152 e. The van der Waals surface area contributed by atoms with Crippen LogP contribution in [0.2, 0.25) is 5.15 Å². The van der Waals surface area contributed by atoms with E-state index >= 15 is 0 Å². The van der Waals surface area contributed by atoms with Gasteiger partial charge in [0.25, 0.3) is 0 Å². The number of aliphatic hydroxyl groups excluding tert-OH is 1. The normalized spacial score (nSPS) is 11.2. The molecule has 0 aliphatic heterocycles. The number of pyridine rings is 1. The summed E-state index contributed by atoms with van der Waals surface area (Å²) in [6.07, 6.45) is 3.66. The maximum Gasteiger partial charge on any atom is 0.152 e. The average molecular weight is 280 g/mol. The first-order valence-electron chi connectivity index (χ1n) is 6.36. The molecule has 0 saturated heterocycles. The maximum atomic E-state index is 9.05. The Morgan fingerprint density at radius 3 is 2.89 bits per heavy atom.